The second-order valence-electron chi connectivity index (χ2n) is 7.32. The van der Waals surface area contributed by atoms with Gasteiger partial charge in [-0.1, -0.05) is 27.7 Å². The predicted molar refractivity (Wildman–Crippen MR) is 75.9 cm³/mol. The number of nitrogens with zero attached hydrogens (tertiary/aromatic N) is 1. The summed E-state index contributed by atoms with van der Waals surface area (Å²) >= 11 is 0. The maximum atomic E-state index is 5.61. The van der Waals surface area contributed by atoms with Crippen LogP contribution in [-0.4, -0.2) is 48.8 Å². The fraction of sp³-hybridized carbons (Fsp3) is 1.00. The molecule has 0 saturated carbocycles. The van der Waals surface area contributed by atoms with E-state index in [2.05, 4.69) is 44.8 Å². The lowest BCUT2D eigenvalue weighted by Gasteiger charge is -2.53. The van der Waals surface area contributed by atoms with Gasteiger partial charge in [-0.05, 0) is 25.2 Å². The van der Waals surface area contributed by atoms with Gasteiger partial charge in [0.2, 0.25) is 0 Å². The van der Waals surface area contributed by atoms with Crippen LogP contribution in [0, 0.1) is 5.41 Å². The highest BCUT2D eigenvalue weighted by Gasteiger charge is 2.43. The molecule has 0 aromatic rings. The normalized spacial score (nSPS) is 39.2. The molecular formula is C15H30N2O. The predicted octanol–water partition coefficient (Wildman–Crippen LogP) is 2.26. The summed E-state index contributed by atoms with van der Waals surface area (Å²) in [5, 5.41) is 3.77. The van der Waals surface area contributed by atoms with Crippen molar-refractivity contribution >= 4 is 0 Å². The topological polar surface area (TPSA) is 24.5 Å². The molecule has 0 spiro atoms. The minimum absolute atomic E-state index is 0.292. The van der Waals surface area contributed by atoms with Gasteiger partial charge in [-0.15, -0.1) is 0 Å². The van der Waals surface area contributed by atoms with Crippen LogP contribution in [0.5, 0.6) is 0 Å². The van der Waals surface area contributed by atoms with Crippen LogP contribution in [0.1, 0.15) is 47.5 Å². The molecule has 0 amide bonds. The van der Waals surface area contributed by atoms with Gasteiger partial charge in [0.15, 0.2) is 0 Å². The van der Waals surface area contributed by atoms with Gasteiger partial charge in [-0.25, -0.2) is 0 Å². The third-order valence-corrected chi connectivity index (χ3v) is 4.96. The van der Waals surface area contributed by atoms with Crippen LogP contribution in [0.3, 0.4) is 0 Å². The highest BCUT2D eigenvalue weighted by molar-refractivity contribution is 5.01. The largest absolute Gasteiger partial charge is 0.380 e. The molecule has 106 valence electrons. The number of ether oxygens (including phenoxy) is 1. The maximum Gasteiger partial charge on any atom is 0.0622 e. The summed E-state index contributed by atoms with van der Waals surface area (Å²) < 4.78 is 5.61. The Morgan fingerprint density at radius 3 is 2.61 bits per heavy atom. The van der Waals surface area contributed by atoms with Crippen molar-refractivity contribution in [3.05, 3.63) is 0 Å². The van der Waals surface area contributed by atoms with Crippen molar-refractivity contribution in [1.82, 2.24) is 10.2 Å². The Labute approximate surface area is 112 Å². The first kappa shape index (κ1) is 14.3. The Morgan fingerprint density at radius 1 is 1.39 bits per heavy atom. The number of hydrogen-bond donors (Lipinski definition) is 1. The molecule has 3 heteroatoms. The first-order chi connectivity index (χ1) is 8.37. The van der Waals surface area contributed by atoms with Crippen LogP contribution < -0.4 is 5.32 Å². The molecule has 3 unspecified atom stereocenters. The van der Waals surface area contributed by atoms with Gasteiger partial charge in [-0.3, -0.25) is 4.90 Å². The summed E-state index contributed by atoms with van der Waals surface area (Å²) in [7, 11) is 0. The molecule has 3 nitrogen and oxygen atoms in total. The van der Waals surface area contributed by atoms with Gasteiger partial charge in [0.1, 0.15) is 0 Å². The maximum absolute atomic E-state index is 5.61. The Bertz CT molecular complexity index is 281. The van der Waals surface area contributed by atoms with Crippen molar-refractivity contribution in [1.29, 1.82) is 0 Å². The van der Waals surface area contributed by atoms with Gasteiger partial charge < -0.3 is 10.1 Å². The SMILES string of the molecule is CCC1(C)CNC(C(C)(C)C)CN1C1CCOC1. The van der Waals surface area contributed by atoms with Crippen molar-refractivity contribution in [3.8, 4) is 0 Å². The van der Waals surface area contributed by atoms with E-state index in [-0.39, 0.29) is 0 Å². The first-order valence-corrected chi connectivity index (χ1v) is 7.45. The van der Waals surface area contributed by atoms with E-state index >= 15 is 0 Å². The molecule has 2 rings (SSSR count). The van der Waals surface area contributed by atoms with E-state index in [1.54, 1.807) is 0 Å². The Hall–Kier alpha value is -0.120. The van der Waals surface area contributed by atoms with Crippen LogP contribution in [0.25, 0.3) is 0 Å². The molecule has 2 saturated heterocycles. The summed E-state index contributed by atoms with van der Waals surface area (Å²) in [6, 6.07) is 1.21. The molecule has 1 N–H and O–H groups in total. The second-order valence-corrected chi connectivity index (χ2v) is 7.32. The number of piperazine rings is 1. The number of nitrogens with one attached hydrogen (secondary N) is 1. The fourth-order valence-corrected chi connectivity index (χ4v) is 3.19. The molecule has 3 atom stereocenters. The summed E-state index contributed by atoms with van der Waals surface area (Å²) in [5.41, 5.74) is 0.618. The Balaban J connectivity index is 2.13. The molecule has 18 heavy (non-hydrogen) atoms. The standard InChI is InChI=1S/C15H30N2O/c1-6-15(5)11-16-13(14(2,3)4)9-17(15)12-7-8-18-10-12/h12-13,16H,6-11H2,1-5H3. The molecular weight excluding hydrogens is 224 g/mol. The lowest BCUT2D eigenvalue weighted by atomic mass is 9.81. The summed E-state index contributed by atoms with van der Waals surface area (Å²) in [6.45, 7) is 15.8. The number of rotatable bonds is 2. The molecule has 0 aromatic carbocycles. The Kier molecular flexibility index (Phi) is 4.05. The van der Waals surface area contributed by atoms with E-state index in [4.69, 9.17) is 4.74 Å². The second kappa shape index (κ2) is 5.10. The van der Waals surface area contributed by atoms with Crippen molar-refractivity contribution in [3.63, 3.8) is 0 Å². The van der Waals surface area contributed by atoms with Crippen molar-refractivity contribution in [2.75, 3.05) is 26.3 Å². The van der Waals surface area contributed by atoms with E-state index in [9.17, 15) is 0 Å². The molecule has 0 bridgehead atoms. The van der Waals surface area contributed by atoms with Crippen LogP contribution >= 0.6 is 0 Å². The Morgan fingerprint density at radius 2 is 2.11 bits per heavy atom. The highest BCUT2D eigenvalue weighted by Crippen LogP contribution is 2.32. The third kappa shape index (κ3) is 2.73. The summed E-state index contributed by atoms with van der Waals surface area (Å²) in [6.07, 6.45) is 2.40. The molecule has 0 radical (unpaired) electrons. The average molecular weight is 254 g/mol. The number of hydrogen-bond acceptors (Lipinski definition) is 3. The third-order valence-electron chi connectivity index (χ3n) is 4.96. The van der Waals surface area contributed by atoms with Gasteiger partial charge in [-0.2, -0.15) is 0 Å². The first-order valence-electron chi connectivity index (χ1n) is 7.45. The van der Waals surface area contributed by atoms with Gasteiger partial charge in [0.25, 0.3) is 0 Å². The smallest absolute Gasteiger partial charge is 0.0622 e. The van der Waals surface area contributed by atoms with E-state index < -0.39 is 0 Å². The van der Waals surface area contributed by atoms with E-state index in [0.29, 0.717) is 23.0 Å². The van der Waals surface area contributed by atoms with Crippen molar-refractivity contribution in [2.24, 2.45) is 5.41 Å². The minimum atomic E-state index is 0.292. The van der Waals surface area contributed by atoms with Crippen molar-refractivity contribution < 1.29 is 4.74 Å². The minimum Gasteiger partial charge on any atom is -0.380 e. The molecule has 2 fully saturated rings. The van der Waals surface area contributed by atoms with Gasteiger partial charge in [0.05, 0.1) is 6.61 Å². The van der Waals surface area contributed by atoms with Gasteiger partial charge in [0, 0.05) is 37.3 Å². The lowest BCUT2D eigenvalue weighted by molar-refractivity contribution is -0.0132. The average Bonchev–Trinajstić information content (AvgIpc) is 2.81. The summed E-state index contributed by atoms with van der Waals surface area (Å²) in [4.78, 5) is 2.73. The fourth-order valence-electron chi connectivity index (χ4n) is 3.19. The molecule has 2 heterocycles. The summed E-state index contributed by atoms with van der Waals surface area (Å²) in [5.74, 6) is 0. The lowest BCUT2D eigenvalue weighted by Crippen LogP contribution is -2.68. The van der Waals surface area contributed by atoms with E-state index in [0.717, 1.165) is 26.3 Å². The quantitative estimate of drug-likeness (QED) is 0.818. The molecule has 2 aliphatic rings. The zero-order valence-corrected chi connectivity index (χ0v) is 12.8. The highest BCUT2D eigenvalue weighted by atomic mass is 16.5. The zero-order chi connectivity index (χ0) is 13.4. The van der Waals surface area contributed by atoms with E-state index in [1.807, 2.05) is 0 Å². The monoisotopic (exact) mass is 254 g/mol. The van der Waals surface area contributed by atoms with Crippen LogP contribution in [0.4, 0.5) is 0 Å². The van der Waals surface area contributed by atoms with Crippen LogP contribution in [0.15, 0.2) is 0 Å². The molecule has 0 aliphatic carbocycles. The molecule has 0 aromatic heterocycles. The zero-order valence-electron chi connectivity index (χ0n) is 12.8. The van der Waals surface area contributed by atoms with Crippen LogP contribution in [0.2, 0.25) is 0 Å². The van der Waals surface area contributed by atoms with E-state index in [1.165, 1.54) is 12.8 Å². The van der Waals surface area contributed by atoms with Crippen molar-refractivity contribution in [2.45, 2.75) is 65.1 Å². The molecule has 2 aliphatic heterocycles. The van der Waals surface area contributed by atoms with Crippen LogP contribution in [-0.2, 0) is 4.74 Å². The van der Waals surface area contributed by atoms with Gasteiger partial charge >= 0.3 is 0 Å².